The van der Waals surface area contributed by atoms with Crippen LogP contribution in [-0.2, 0) is 17.8 Å². The largest absolute Gasteiger partial charge is 0.463 e. The van der Waals surface area contributed by atoms with Crippen molar-refractivity contribution in [2.75, 3.05) is 6.54 Å². The summed E-state index contributed by atoms with van der Waals surface area (Å²) in [6, 6.07) is 15.9. The van der Waals surface area contributed by atoms with Crippen LogP contribution in [0.4, 0.5) is 0 Å². The summed E-state index contributed by atoms with van der Waals surface area (Å²) in [7, 11) is 0. The Morgan fingerprint density at radius 2 is 1.82 bits per heavy atom. The van der Waals surface area contributed by atoms with Crippen molar-refractivity contribution >= 4 is 11.8 Å². The van der Waals surface area contributed by atoms with Crippen LogP contribution in [0.2, 0.25) is 0 Å². The number of furan rings is 1. The topological polar surface area (TPSA) is 67.5 Å². The quantitative estimate of drug-likeness (QED) is 0.566. The number of benzene rings is 1. The van der Waals surface area contributed by atoms with Gasteiger partial charge in [0.05, 0.1) is 18.5 Å². The molecule has 0 radical (unpaired) electrons. The maximum atomic E-state index is 13.8. The van der Waals surface area contributed by atoms with E-state index in [4.69, 9.17) is 4.42 Å². The molecule has 1 aliphatic carbocycles. The van der Waals surface area contributed by atoms with E-state index in [-0.39, 0.29) is 17.9 Å². The number of aryl methyl sites for hydroxylation is 1. The fourth-order valence-corrected chi connectivity index (χ4v) is 5.47. The Kier molecular flexibility index (Phi) is 6.07. The van der Waals surface area contributed by atoms with E-state index < -0.39 is 5.54 Å². The van der Waals surface area contributed by atoms with Crippen LogP contribution < -0.4 is 5.32 Å². The third-order valence-corrected chi connectivity index (χ3v) is 7.58. The zero-order valence-corrected chi connectivity index (χ0v) is 20.0. The lowest BCUT2D eigenvalue weighted by Crippen LogP contribution is -2.65. The summed E-state index contributed by atoms with van der Waals surface area (Å²) in [6.07, 6.45) is 7.85. The van der Waals surface area contributed by atoms with Crippen LogP contribution in [0.5, 0.6) is 0 Å². The minimum atomic E-state index is -0.995. The number of amides is 2. The average Bonchev–Trinajstić information content (AvgIpc) is 3.50. The molecular weight excluding hydrogens is 426 g/mol. The van der Waals surface area contributed by atoms with Gasteiger partial charge in [-0.2, -0.15) is 0 Å². The maximum Gasteiger partial charge on any atom is 0.271 e. The summed E-state index contributed by atoms with van der Waals surface area (Å²) in [6.45, 7) is 4.88. The van der Waals surface area contributed by atoms with E-state index >= 15 is 0 Å². The van der Waals surface area contributed by atoms with Crippen molar-refractivity contribution in [3.05, 3.63) is 71.6 Å². The molecule has 2 aromatic heterocycles. The summed E-state index contributed by atoms with van der Waals surface area (Å²) < 4.78 is 7.58. The van der Waals surface area contributed by atoms with Crippen molar-refractivity contribution in [2.24, 2.45) is 0 Å². The second-order valence-corrected chi connectivity index (χ2v) is 9.88. The average molecular weight is 460 g/mol. The molecule has 1 unspecified atom stereocenters. The number of nitrogens with one attached hydrogen (secondary N) is 1. The molecule has 2 amide bonds. The number of nitrogens with zero attached hydrogens (tertiary/aromatic N) is 2. The third kappa shape index (κ3) is 4.06. The molecule has 6 heteroatoms. The maximum absolute atomic E-state index is 13.8. The Morgan fingerprint density at radius 3 is 2.56 bits per heavy atom. The van der Waals surface area contributed by atoms with Gasteiger partial charge in [-0.3, -0.25) is 9.59 Å². The van der Waals surface area contributed by atoms with Gasteiger partial charge in [-0.15, -0.1) is 0 Å². The number of carbonyl (C=O) groups excluding carboxylic acids is 2. The molecule has 1 fully saturated rings. The van der Waals surface area contributed by atoms with Crippen LogP contribution in [0.1, 0.15) is 60.6 Å². The summed E-state index contributed by atoms with van der Waals surface area (Å²) >= 11 is 0. The van der Waals surface area contributed by atoms with Gasteiger partial charge in [-0.25, -0.2) is 0 Å². The first-order valence-corrected chi connectivity index (χ1v) is 12.4. The predicted octanol–water partition coefficient (Wildman–Crippen LogP) is 4.96. The van der Waals surface area contributed by atoms with E-state index in [1.54, 1.807) is 11.2 Å². The van der Waals surface area contributed by atoms with Gasteiger partial charge < -0.3 is 19.2 Å². The molecule has 6 nitrogen and oxygen atoms in total. The van der Waals surface area contributed by atoms with Gasteiger partial charge in [0.1, 0.15) is 17.0 Å². The highest BCUT2D eigenvalue weighted by atomic mass is 16.3. The highest BCUT2D eigenvalue weighted by Crippen LogP contribution is 2.34. The molecule has 5 rings (SSSR count). The molecule has 1 aliphatic heterocycles. The zero-order chi connectivity index (χ0) is 23.7. The molecule has 1 aromatic carbocycles. The lowest BCUT2D eigenvalue weighted by Gasteiger charge is -2.45. The van der Waals surface area contributed by atoms with Crippen LogP contribution >= 0.6 is 0 Å². The first-order valence-electron chi connectivity index (χ1n) is 12.4. The summed E-state index contributed by atoms with van der Waals surface area (Å²) in [5.74, 6) is 0.517. The SMILES string of the molecule is Cc1ccccc1CCN1C(=O)c2ccc(-c3ccco3)n2CC1(C)C(=O)NC1CCCCC1. The number of rotatable bonds is 6. The van der Waals surface area contributed by atoms with Gasteiger partial charge in [0, 0.05) is 12.6 Å². The molecule has 1 saturated carbocycles. The van der Waals surface area contributed by atoms with E-state index in [0.29, 0.717) is 31.0 Å². The van der Waals surface area contributed by atoms with E-state index in [1.165, 1.54) is 17.5 Å². The number of hydrogen-bond donors (Lipinski definition) is 1. The standard InChI is InChI=1S/C28H33N3O3/c1-20-9-6-7-10-21(20)16-17-31-26(32)24-15-14-23(25-13-8-18-34-25)30(24)19-28(31,2)27(33)29-22-11-4-3-5-12-22/h6-10,13-15,18,22H,3-5,11-12,16-17,19H2,1-2H3,(H,29,33). The summed E-state index contributed by atoms with van der Waals surface area (Å²) in [5.41, 5.74) is 2.82. The van der Waals surface area contributed by atoms with Crippen LogP contribution in [0, 0.1) is 6.92 Å². The first-order chi connectivity index (χ1) is 16.5. The van der Waals surface area contributed by atoms with E-state index in [9.17, 15) is 9.59 Å². The Labute approximate surface area is 200 Å². The van der Waals surface area contributed by atoms with Crippen LogP contribution in [0.15, 0.2) is 59.2 Å². The Hall–Kier alpha value is -3.28. The minimum absolute atomic E-state index is 0.0673. The normalized spacial score (nSPS) is 20.9. The molecule has 2 aliphatic rings. The van der Waals surface area contributed by atoms with Crippen LogP contribution in [0.25, 0.3) is 11.5 Å². The lowest BCUT2D eigenvalue weighted by atomic mass is 9.91. The predicted molar refractivity (Wildman–Crippen MR) is 131 cm³/mol. The molecule has 1 atom stereocenters. The van der Waals surface area contributed by atoms with Crippen LogP contribution in [0.3, 0.4) is 0 Å². The first kappa shape index (κ1) is 22.5. The highest BCUT2D eigenvalue weighted by molar-refractivity contribution is 6.00. The van der Waals surface area contributed by atoms with Crippen LogP contribution in [-0.4, -0.2) is 39.4 Å². The van der Waals surface area contributed by atoms with Gasteiger partial charge in [-0.05, 0) is 68.5 Å². The van der Waals surface area contributed by atoms with Crippen molar-refractivity contribution < 1.29 is 14.0 Å². The third-order valence-electron chi connectivity index (χ3n) is 7.58. The number of carbonyl (C=O) groups is 2. The molecule has 34 heavy (non-hydrogen) atoms. The van der Waals surface area contributed by atoms with Gasteiger partial charge in [0.2, 0.25) is 5.91 Å². The molecule has 3 heterocycles. The second-order valence-electron chi connectivity index (χ2n) is 9.88. The van der Waals surface area contributed by atoms with Crippen molar-refractivity contribution in [3.8, 4) is 11.5 Å². The number of aromatic nitrogens is 1. The minimum Gasteiger partial charge on any atom is -0.463 e. The molecular formula is C28H33N3O3. The lowest BCUT2D eigenvalue weighted by molar-refractivity contribution is -0.133. The fraction of sp³-hybridized carbons (Fsp3) is 0.429. The molecule has 178 valence electrons. The molecule has 0 spiro atoms. The van der Waals surface area contributed by atoms with Gasteiger partial charge >= 0.3 is 0 Å². The van der Waals surface area contributed by atoms with E-state index in [0.717, 1.165) is 31.4 Å². The van der Waals surface area contributed by atoms with E-state index in [1.807, 2.05) is 47.9 Å². The van der Waals surface area contributed by atoms with Crippen molar-refractivity contribution in [2.45, 2.75) is 70.5 Å². The molecule has 1 N–H and O–H groups in total. The number of hydrogen-bond acceptors (Lipinski definition) is 3. The van der Waals surface area contributed by atoms with Crippen molar-refractivity contribution in [3.63, 3.8) is 0 Å². The second kappa shape index (κ2) is 9.16. The van der Waals surface area contributed by atoms with E-state index in [2.05, 4.69) is 24.4 Å². The smallest absolute Gasteiger partial charge is 0.271 e. The van der Waals surface area contributed by atoms with Crippen molar-refractivity contribution in [1.82, 2.24) is 14.8 Å². The summed E-state index contributed by atoms with van der Waals surface area (Å²) in [5, 5.41) is 3.30. The van der Waals surface area contributed by atoms with Gasteiger partial charge in [0.25, 0.3) is 5.91 Å². The fourth-order valence-electron chi connectivity index (χ4n) is 5.47. The summed E-state index contributed by atoms with van der Waals surface area (Å²) in [4.78, 5) is 29.4. The van der Waals surface area contributed by atoms with Gasteiger partial charge in [-0.1, -0.05) is 43.5 Å². The zero-order valence-electron chi connectivity index (χ0n) is 20.0. The Morgan fingerprint density at radius 1 is 1.06 bits per heavy atom. The van der Waals surface area contributed by atoms with Gasteiger partial charge in [0.15, 0.2) is 0 Å². The monoisotopic (exact) mass is 459 g/mol. The van der Waals surface area contributed by atoms with Crippen molar-refractivity contribution in [1.29, 1.82) is 0 Å². The Bertz CT molecular complexity index is 1170. The highest BCUT2D eigenvalue weighted by Gasteiger charge is 2.48. The Balaban J connectivity index is 1.48. The molecule has 3 aromatic rings. The molecule has 0 saturated heterocycles. The molecule has 0 bridgehead atoms. The number of fused-ring (bicyclic) bond motifs is 1.